The Balaban J connectivity index is 1.78. The molecule has 0 saturated heterocycles. The lowest BCUT2D eigenvalue weighted by Crippen LogP contribution is -2.45. The predicted octanol–water partition coefficient (Wildman–Crippen LogP) is 4.76. The molecule has 146 valence electrons. The van der Waals surface area contributed by atoms with E-state index in [0.29, 0.717) is 10.9 Å². The number of methoxy groups -OCH3 is 1. The number of rotatable bonds is 6. The fourth-order valence-electron chi connectivity index (χ4n) is 4.45. The molecule has 27 heavy (non-hydrogen) atoms. The zero-order valence-corrected chi connectivity index (χ0v) is 17.2. The third-order valence-corrected chi connectivity index (χ3v) is 6.07. The Morgan fingerprint density at radius 1 is 1.19 bits per heavy atom. The van der Waals surface area contributed by atoms with Crippen LogP contribution in [0.15, 0.2) is 48.5 Å². The maximum Gasteiger partial charge on any atom is 0.119 e. The summed E-state index contributed by atoms with van der Waals surface area (Å²) in [7, 11) is 5.86. The smallest absolute Gasteiger partial charge is 0.119 e. The Labute approximate surface area is 167 Å². The summed E-state index contributed by atoms with van der Waals surface area (Å²) >= 11 is 6.05. The number of ether oxygens (including phenoxy) is 1. The van der Waals surface area contributed by atoms with Gasteiger partial charge in [0.15, 0.2) is 0 Å². The van der Waals surface area contributed by atoms with Gasteiger partial charge < -0.3 is 14.7 Å². The summed E-state index contributed by atoms with van der Waals surface area (Å²) in [6.07, 6.45) is 3.83. The Kier molecular flexibility index (Phi) is 6.46. The van der Waals surface area contributed by atoms with Crippen molar-refractivity contribution in [1.82, 2.24) is 4.90 Å². The van der Waals surface area contributed by atoms with Crippen molar-refractivity contribution in [3.63, 3.8) is 0 Å². The van der Waals surface area contributed by atoms with Crippen LogP contribution in [0.4, 0.5) is 0 Å². The summed E-state index contributed by atoms with van der Waals surface area (Å²) in [6, 6.07) is 16.1. The van der Waals surface area contributed by atoms with Crippen LogP contribution in [0.1, 0.15) is 30.4 Å². The number of halogens is 1. The number of nitrogens with zero attached hydrogens (tertiary/aromatic N) is 1. The van der Waals surface area contributed by atoms with Crippen molar-refractivity contribution in [2.45, 2.75) is 31.3 Å². The first-order valence-corrected chi connectivity index (χ1v) is 10.0. The van der Waals surface area contributed by atoms with Crippen molar-refractivity contribution < 1.29 is 9.84 Å². The first-order valence-electron chi connectivity index (χ1n) is 9.67. The van der Waals surface area contributed by atoms with E-state index in [1.165, 1.54) is 5.56 Å². The molecular weight excluding hydrogens is 358 g/mol. The first-order chi connectivity index (χ1) is 12.9. The number of benzene rings is 2. The highest BCUT2D eigenvalue weighted by Gasteiger charge is 2.43. The SMILES string of the molecule is COc1cccc(CC2CCC(O)(c3ccc(Cl)cc3)C(CN(C)C)C2)c1. The summed E-state index contributed by atoms with van der Waals surface area (Å²) in [4.78, 5) is 2.18. The lowest BCUT2D eigenvalue weighted by atomic mass is 9.66. The van der Waals surface area contributed by atoms with E-state index in [1.807, 2.05) is 30.3 Å². The highest BCUT2D eigenvalue weighted by molar-refractivity contribution is 6.30. The van der Waals surface area contributed by atoms with Gasteiger partial charge in [-0.3, -0.25) is 0 Å². The number of hydrogen-bond acceptors (Lipinski definition) is 3. The standard InChI is InChI=1S/C23H30ClNO2/c1-25(2)16-20-14-18(13-17-5-4-6-22(15-17)27-3)11-12-23(20,26)19-7-9-21(24)10-8-19/h4-10,15,18,20,26H,11-14,16H2,1-3H3. The van der Waals surface area contributed by atoms with Crippen LogP contribution in [0.2, 0.25) is 5.02 Å². The van der Waals surface area contributed by atoms with Gasteiger partial charge in [0.05, 0.1) is 12.7 Å². The van der Waals surface area contributed by atoms with E-state index in [-0.39, 0.29) is 5.92 Å². The largest absolute Gasteiger partial charge is 0.497 e. The molecule has 0 aliphatic heterocycles. The molecule has 1 saturated carbocycles. The van der Waals surface area contributed by atoms with Crippen molar-refractivity contribution in [3.8, 4) is 5.75 Å². The van der Waals surface area contributed by atoms with E-state index in [1.54, 1.807) is 7.11 Å². The summed E-state index contributed by atoms with van der Waals surface area (Å²) in [5.41, 5.74) is 1.50. The maximum absolute atomic E-state index is 11.6. The molecule has 0 radical (unpaired) electrons. The van der Waals surface area contributed by atoms with Gasteiger partial charge in [-0.1, -0.05) is 35.9 Å². The minimum Gasteiger partial charge on any atom is -0.497 e. The fraction of sp³-hybridized carbons (Fsp3) is 0.478. The first kappa shape index (κ1) is 20.2. The summed E-state index contributed by atoms with van der Waals surface area (Å²) < 4.78 is 5.36. The van der Waals surface area contributed by atoms with E-state index in [4.69, 9.17) is 16.3 Å². The number of hydrogen-bond donors (Lipinski definition) is 1. The summed E-state index contributed by atoms with van der Waals surface area (Å²) in [5.74, 6) is 1.67. The lowest BCUT2D eigenvalue weighted by molar-refractivity contribution is -0.0752. The molecule has 2 aromatic rings. The van der Waals surface area contributed by atoms with E-state index in [2.05, 4.69) is 37.2 Å². The third kappa shape index (κ3) is 4.84. The monoisotopic (exact) mass is 387 g/mol. The molecule has 1 fully saturated rings. The molecule has 0 heterocycles. The van der Waals surface area contributed by atoms with Crippen LogP contribution in [0.25, 0.3) is 0 Å². The second kappa shape index (κ2) is 8.64. The average molecular weight is 388 g/mol. The van der Waals surface area contributed by atoms with E-state index >= 15 is 0 Å². The van der Waals surface area contributed by atoms with E-state index in [0.717, 1.165) is 43.5 Å². The van der Waals surface area contributed by atoms with Crippen molar-refractivity contribution in [3.05, 3.63) is 64.7 Å². The normalized spacial score (nSPS) is 25.6. The van der Waals surface area contributed by atoms with Gasteiger partial charge in [0.1, 0.15) is 5.75 Å². The van der Waals surface area contributed by atoms with Crippen LogP contribution in [0, 0.1) is 11.8 Å². The predicted molar refractivity (Wildman–Crippen MR) is 111 cm³/mol. The molecular formula is C23H30ClNO2. The fourth-order valence-corrected chi connectivity index (χ4v) is 4.57. The van der Waals surface area contributed by atoms with Crippen LogP contribution in [-0.4, -0.2) is 37.8 Å². The molecule has 0 spiro atoms. The minimum absolute atomic E-state index is 0.193. The van der Waals surface area contributed by atoms with Crippen molar-refractivity contribution in [2.75, 3.05) is 27.7 Å². The molecule has 0 bridgehead atoms. The summed E-state index contributed by atoms with van der Waals surface area (Å²) in [5, 5.41) is 12.3. The van der Waals surface area contributed by atoms with Crippen molar-refractivity contribution in [2.24, 2.45) is 11.8 Å². The van der Waals surface area contributed by atoms with Gasteiger partial charge in [0.25, 0.3) is 0 Å². The lowest BCUT2D eigenvalue weighted by Gasteiger charge is -2.44. The van der Waals surface area contributed by atoms with Crippen molar-refractivity contribution >= 4 is 11.6 Å². The topological polar surface area (TPSA) is 32.7 Å². The number of aliphatic hydroxyl groups is 1. The van der Waals surface area contributed by atoms with Gasteiger partial charge in [-0.2, -0.15) is 0 Å². The van der Waals surface area contributed by atoms with Gasteiger partial charge in [0, 0.05) is 17.5 Å². The van der Waals surface area contributed by atoms with Gasteiger partial charge in [-0.05, 0) is 81.1 Å². The van der Waals surface area contributed by atoms with E-state index < -0.39 is 5.60 Å². The molecule has 1 aliphatic rings. The maximum atomic E-state index is 11.6. The van der Waals surface area contributed by atoms with Crippen LogP contribution in [0.3, 0.4) is 0 Å². The quantitative estimate of drug-likeness (QED) is 0.775. The Morgan fingerprint density at radius 2 is 1.93 bits per heavy atom. The highest BCUT2D eigenvalue weighted by Crippen LogP contribution is 2.45. The molecule has 2 aromatic carbocycles. The minimum atomic E-state index is -0.792. The molecule has 1 N–H and O–H groups in total. The molecule has 3 nitrogen and oxygen atoms in total. The van der Waals surface area contributed by atoms with Gasteiger partial charge in [-0.25, -0.2) is 0 Å². The van der Waals surface area contributed by atoms with Crippen LogP contribution in [-0.2, 0) is 12.0 Å². The third-order valence-electron chi connectivity index (χ3n) is 5.82. The van der Waals surface area contributed by atoms with Gasteiger partial charge in [0.2, 0.25) is 0 Å². The summed E-state index contributed by atoms with van der Waals surface area (Å²) in [6.45, 7) is 0.869. The average Bonchev–Trinajstić information content (AvgIpc) is 2.65. The van der Waals surface area contributed by atoms with Gasteiger partial charge >= 0.3 is 0 Å². The Morgan fingerprint density at radius 3 is 2.59 bits per heavy atom. The second-order valence-corrected chi connectivity index (χ2v) is 8.52. The molecule has 1 aliphatic carbocycles. The Hall–Kier alpha value is -1.55. The van der Waals surface area contributed by atoms with Crippen LogP contribution in [0.5, 0.6) is 5.75 Å². The van der Waals surface area contributed by atoms with Crippen LogP contribution >= 0.6 is 11.6 Å². The second-order valence-electron chi connectivity index (χ2n) is 8.09. The zero-order valence-electron chi connectivity index (χ0n) is 16.5. The molecule has 3 unspecified atom stereocenters. The van der Waals surface area contributed by atoms with Gasteiger partial charge in [-0.15, -0.1) is 0 Å². The van der Waals surface area contributed by atoms with Crippen molar-refractivity contribution in [1.29, 1.82) is 0 Å². The molecule has 3 rings (SSSR count). The van der Waals surface area contributed by atoms with Crippen LogP contribution < -0.4 is 4.74 Å². The molecule has 0 amide bonds. The molecule has 0 aromatic heterocycles. The Bertz CT molecular complexity index is 746. The molecule has 3 atom stereocenters. The molecule has 4 heteroatoms. The zero-order chi connectivity index (χ0) is 19.4. The van der Waals surface area contributed by atoms with E-state index in [9.17, 15) is 5.11 Å². The highest BCUT2D eigenvalue weighted by atomic mass is 35.5.